The number of aromatic nitrogens is 1. The number of carbonyl (C=O) groups is 1. The number of benzene rings is 2. The maximum Gasteiger partial charge on any atom is 0.253 e. The summed E-state index contributed by atoms with van der Waals surface area (Å²) >= 11 is 1.64. The van der Waals surface area contributed by atoms with Crippen LogP contribution >= 0.6 is 11.3 Å². The van der Waals surface area contributed by atoms with Gasteiger partial charge in [-0.1, -0.05) is 24.3 Å². The zero-order valence-electron chi connectivity index (χ0n) is 16.6. The van der Waals surface area contributed by atoms with Crippen molar-refractivity contribution < 1.29 is 4.79 Å². The minimum Gasteiger partial charge on any atom is -0.368 e. The Bertz CT molecular complexity index is 985. The predicted octanol–water partition coefficient (Wildman–Crippen LogP) is 4.70. The third kappa shape index (κ3) is 3.80. The molecule has 4 rings (SSSR count). The summed E-state index contributed by atoms with van der Waals surface area (Å²) < 4.78 is 0. The summed E-state index contributed by atoms with van der Waals surface area (Å²) in [6.45, 7) is 9.51. The quantitative estimate of drug-likeness (QED) is 0.649. The van der Waals surface area contributed by atoms with E-state index in [0.717, 1.165) is 48.0 Å². The van der Waals surface area contributed by atoms with E-state index >= 15 is 0 Å². The van der Waals surface area contributed by atoms with Gasteiger partial charge >= 0.3 is 0 Å². The SMILES string of the molecule is Cc1ccc(C)c(N2CCN(C(=O)c3ccc(-c4csc(C)n4)cc3)CC2)c1. The summed E-state index contributed by atoms with van der Waals surface area (Å²) in [7, 11) is 0. The van der Waals surface area contributed by atoms with E-state index in [0.29, 0.717) is 0 Å². The van der Waals surface area contributed by atoms with Crippen LogP contribution in [0.5, 0.6) is 0 Å². The van der Waals surface area contributed by atoms with Gasteiger partial charge in [0.15, 0.2) is 0 Å². The number of carbonyl (C=O) groups excluding carboxylic acids is 1. The number of anilines is 1. The molecule has 1 aliphatic rings. The van der Waals surface area contributed by atoms with Crippen molar-refractivity contribution in [3.63, 3.8) is 0 Å². The third-order valence-corrected chi connectivity index (χ3v) is 6.09. The Morgan fingerprint density at radius 2 is 1.68 bits per heavy atom. The van der Waals surface area contributed by atoms with Crippen molar-refractivity contribution in [3.05, 3.63) is 69.5 Å². The summed E-state index contributed by atoms with van der Waals surface area (Å²) in [5, 5.41) is 3.11. The van der Waals surface area contributed by atoms with Crippen molar-refractivity contribution >= 4 is 22.9 Å². The molecule has 0 spiro atoms. The van der Waals surface area contributed by atoms with Crippen molar-refractivity contribution in [3.8, 4) is 11.3 Å². The molecular formula is C23H25N3OS. The summed E-state index contributed by atoms with van der Waals surface area (Å²) in [6.07, 6.45) is 0. The van der Waals surface area contributed by atoms with Gasteiger partial charge in [0.05, 0.1) is 10.7 Å². The Balaban J connectivity index is 1.42. The lowest BCUT2D eigenvalue weighted by Crippen LogP contribution is -2.49. The van der Waals surface area contributed by atoms with Gasteiger partial charge in [-0.05, 0) is 50.1 Å². The molecule has 1 aromatic heterocycles. The van der Waals surface area contributed by atoms with E-state index in [9.17, 15) is 4.79 Å². The molecule has 2 aromatic carbocycles. The lowest BCUT2D eigenvalue weighted by Gasteiger charge is -2.37. The molecule has 0 bridgehead atoms. The summed E-state index contributed by atoms with van der Waals surface area (Å²) in [4.78, 5) is 21.8. The molecule has 0 unspecified atom stereocenters. The number of aryl methyl sites for hydroxylation is 3. The van der Waals surface area contributed by atoms with Crippen LogP contribution in [0.25, 0.3) is 11.3 Å². The third-order valence-electron chi connectivity index (χ3n) is 5.32. The molecule has 0 N–H and O–H groups in total. The van der Waals surface area contributed by atoms with Crippen LogP contribution < -0.4 is 4.90 Å². The number of thiazole rings is 1. The van der Waals surface area contributed by atoms with E-state index in [1.165, 1.54) is 16.8 Å². The number of piperazine rings is 1. The van der Waals surface area contributed by atoms with E-state index in [-0.39, 0.29) is 5.91 Å². The van der Waals surface area contributed by atoms with Gasteiger partial charge in [-0.15, -0.1) is 11.3 Å². The zero-order valence-corrected chi connectivity index (χ0v) is 17.4. The zero-order chi connectivity index (χ0) is 19.7. The van der Waals surface area contributed by atoms with Gasteiger partial charge in [0.1, 0.15) is 0 Å². The molecule has 0 aliphatic carbocycles. The molecule has 1 fully saturated rings. The van der Waals surface area contributed by atoms with Crippen LogP contribution in [0.15, 0.2) is 47.8 Å². The molecule has 2 heterocycles. The summed E-state index contributed by atoms with van der Waals surface area (Å²) in [5.41, 5.74) is 6.63. The second-order valence-corrected chi connectivity index (χ2v) is 8.46. The number of hydrogen-bond acceptors (Lipinski definition) is 4. The normalized spacial score (nSPS) is 14.4. The van der Waals surface area contributed by atoms with Gasteiger partial charge in [-0.3, -0.25) is 4.79 Å². The molecule has 4 nitrogen and oxygen atoms in total. The molecule has 5 heteroatoms. The van der Waals surface area contributed by atoms with Crippen LogP contribution in [0.1, 0.15) is 26.5 Å². The molecule has 1 aliphatic heterocycles. The average molecular weight is 392 g/mol. The molecule has 0 saturated carbocycles. The highest BCUT2D eigenvalue weighted by Gasteiger charge is 2.23. The molecule has 0 radical (unpaired) electrons. The summed E-state index contributed by atoms with van der Waals surface area (Å²) in [6, 6.07) is 14.4. The van der Waals surface area contributed by atoms with E-state index < -0.39 is 0 Å². The molecule has 1 amide bonds. The first-order valence-corrected chi connectivity index (χ1v) is 10.5. The van der Waals surface area contributed by atoms with Gasteiger partial charge in [-0.25, -0.2) is 4.98 Å². The minimum atomic E-state index is 0.113. The van der Waals surface area contributed by atoms with Gasteiger partial charge in [-0.2, -0.15) is 0 Å². The van der Waals surface area contributed by atoms with Crippen LogP contribution in [0.2, 0.25) is 0 Å². The van der Waals surface area contributed by atoms with Gasteiger partial charge in [0, 0.05) is 48.4 Å². The number of amides is 1. The minimum absolute atomic E-state index is 0.113. The standard InChI is InChI=1S/C23H25N3OS/c1-16-4-5-17(2)22(14-16)25-10-12-26(13-11-25)23(27)20-8-6-19(7-9-20)21-15-28-18(3)24-21/h4-9,14-15H,10-13H2,1-3H3. The van der Waals surface area contributed by atoms with E-state index in [2.05, 4.69) is 47.3 Å². The first-order valence-electron chi connectivity index (χ1n) is 9.65. The summed E-state index contributed by atoms with van der Waals surface area (Å²) in [5.74, 6) is 0.113. The fourth-order valence-corrected chi connectivity index (χ4v) is 4.29. The second kappa shape index (κ2) is 7.76. The number of nitrogens with zero attached hydrogens (tertiary/aromatic N) is 3. The van der Waals surface area contributed by atoms with Gasteiger partial charge < -0.3 is 9.80 Å². The highest BCUT2D eigenvalue weighted by atomic mass is 32.1. The monoisotopic (exact) mass is 391 g/mol. The first-order chi connectivity index (χ1) is 13.5. The number of rotatable bonds is 3. The Hall–Kier alpha value is -2.66. The first kappa shape index (κ1) is 18.7. The lowest BCUT2D eigenvalue weighted by molar-refractivity contribution is 0.0747. The smallest absolute Gasteiger partial charge is 0.253 e. The van der Waals surface area contributed by atoms with Gasteiger partial charge in [0.2, 0.25) is 0 Å². The van der Waals surface area contributed by atoms with Crippen molar-refractivity contribution in [2.45, 2.75) is 20.8 Å². The van der Waals surface area contributed by atoms with Crippen LogP contribution in [0.3, 0.4) is 0 Å². The fourth-order valence-electron chi connectivity index (χ4n) is 3.67. The molecular weight excluding hydrogens is 366 g/mol. The predicted molar refractivity (Wildman–Crippen MR) is 116 cm³/mol. The van der Waals surface area contributed by atoms with E-state index in [1.807, 2.05) is 36.1 Å². The molecule has 144 valence electrons. The van der Waals surface area contributed by atoms with E-state index in [1.54, 1.807) is 11.3 Å². The molecule has 0 atom stereocenters. The highest BCUT2D eigenvalue weighted by Crippen LogP contribution is 2.24. The Morgan fingerprint density at radius 1 is 0.964 bits per heavy atom. The van der Waals surface area contributed by atoms with Crippen LogP contribution in [-0.4, -0.2) is 42.0 Å². The van der Waals surface area contributed by atoms with Crippen molar-refractivity contribution in [2.75, 3.05) is 31.1 Å². The average Bonchev–Trinajstić information content (AvgIpc) is 3.16. The topological polar surface area (TPSA) is 36.4 Å². The molecule has 1 saturated heterocycles. The molecule has 28 heavy (non-hydrogen) atoms. The number of hydrogen-bond donors (Lipinski definition) is 0. The van der Waals surface area contributed by atoms with Crippen molar-refractivity contribution in [1.82, 2.24) is 9.88 Å². The maximum absolute atomic E-state index is 12.9. The second-order valence-electron chi connectivity index (χ2n) is 7.40. The molecule has 3 aromatic rings. The van der Waals surface area contributed by atoms with E-state index in [4.69, 9.17) is 0 Å². The largest absolute Gasteiger partial charge is 0.368 e. The fraction of sp³-hybridized carbons (Fsp3) is 0.304. The lowest BCUT2D eigenvalue weighted by atomic mass is 10.1. The Kier molecular flexibility index (Phi) is 5.18. The van der Waals surface area contributed by atoms with Crippen LogP contribution in [0, 0.1) is 20.8 Å². The Morgan fingerprint density at radius 3 is 2.32 bits per heavy atom. The van der Waals surface area contributed by atoms with Crippen LogP contribution in [0.4, 0.5) is 5.69 Å². The van der Waals surface area contributed by atoms with Gasteiger partial charge in [0.25, 0.3) is 5.91 Å². The van der Waals surface area contributed by atoms with Crippen LogP contribution in [-0.2, 0) is 0 Å². The van der Waals surface area contributed by atoms with Crippen molar-refractivity contribution in [2.24, 2.45) is 0 Å². The van der Waals surface area contributed by atoms with Crippen molar-refractivity contribution in [1.29, 1.82) is 0 Å². The maximum atomic E-state index is 12.9. The highest BCUT2D eigenvalue weighted by molar-refractivity contribution is 7.09. The Labute approximate surface area is 170 Å².